The highest BCUT2D eigenvalue weighted by molar-refractivity contribution is 5.61. The molecule has 1 saturated heterocycles. The lowest BCUT2D eigenvalue weighted by Gasteiger charge is -2.32. The molecule has 7 nitrogen and oxygen atoms in total. The SMILES string of the molecule is Nc1nccc(C2CCCN(Cc3cn[nH]c3-c3cccnc3)C2)n1. The summed E-state index contributed by atoms with van der Waals surface area (Å²) < 4.78 is 0. The van der Waals surface area contributed by atoms with E-state index in [1.54, 1.807) is 12.4 Å². The van der Waals surface area contributed by atoms with Crippen molar-refractivity contribution < 1.29 is 0 Å². The first-order valence-corrected chi connectivity index (χ1v) is 8.53. The summed E-state index contributed by atoms with van der Waals surface area (Å²) >= 11 is 0. The Balaban J connectivity index is 1.49. The van der Waals surface area contributed by atoms with E-state index in [1.807, 2.05) is 30.6 Å². The highest BCUT2D eigenvalue weighted by Gasteiger charge is 2.23. The van der Waals surface area contributed by atoms with Crippen LogP contribution in [0.2, 0.25) is 0 Å². The number of piperidine rings is 1. The molecule has 0 amide bonds. The first-order chi connectivity index (χ1) is 12.3. The van der Waals surface area contributed by atoms with Crippen LogP contribution in [0.25, 0.3) is 11.3 Å². The first-order valence-electron chi connectivity index (χ1n) is 8.53. The van der Waals surface area contributed by atoms with Gasteiger partial charge in [-0.2, -0.15) is 5.10 Å². The largest absolute Gasteiger partial charge is 0.368 e. The number of rotatable bonds is 4. The van der Waals surface area contributed by atoms with Gasteiger partial charge in [0.05, 0.1) is 17.6 Å². The zero-order chi connectivity index (χ0) is 17.1. The Morgan fingerprint density at radius 3 is 3.04 bits per heavy atom. The quantitative estimate of drug-likeness (QED) is 0.759. The van der Waals surface area contributed by atoms with E-state index in [4.69, 9.17) is 5.73 Å². The van der Waals surface area contributed by atoms with E-state index in [2.05, 4.69) is 30.0 Å². The molecule has 3 aromatic rings. The summed E-state index contributed by atoms with van der Waals surface area (Å²) in [5.74, 6) is 0.746. The first kappa shape index (κ1) is 15.7. The summed E-state index contributed by atoms with van der Waals surface area (Å²) in [7, 11) is 0. The van der Waals surface area contributed by atoms with Crippen LogP contribution >= 0.6 is 0 Å². The van der Waals surface area contributed by atoms with Crippen LogP contribution in [0.4, 0.5) is 5.95 Å². The molecular weight excluding hydrogens is 314 g/mol. The lowest BCUT2D eigenvalue weighted by molar-refractivity contribution is 0.199. The molecule has 4 rings (SSSR count). The van der Waals surface area contributed by atoms with E-state index in [1.165, 1.54) is 5.56 Å². The second-order valence-electron chi connectivity index (χ2n) is 6.43. The standard InChI is InChI=1S/C18H21N7/c19-18-21-7-5-16(23-18)14-4-2-8-25(11-14)12-15-10-22-24-17(15)13-3-1-6-20-9-13/h1,3,5-7,9-10,14H,2,4,8,11-12H2,(H,22,24)(H2,19,21,23). The Hall–Kier alpha value is -2.80. The average molecular weight is 335 g/mol. The third-order valence-corrected chi connectivity index (χ3v) is 4.68. The fraction of sp³-hybridized carbons (Fsp3) is 0.333. The number of aromatic amines is 1. The van der Waals surface area contributed by atoms with Gasteiger partial charge in [-0.05, 0) is 37.6 Å². The summed E-state index contributed by atoms with van der Waals surface area (Å²) in [6.07, 6.45) is 9.58. The van der Waals surface area contributed by atoms with Crippen LogP contribution in [0.1, 0.15) is 30.0 Å². The Bertz CT molecular complexity index is 830. The molecule has 0 bridgehead atoms. The maximum atomic E-state index is 5.74. The lowest BCUT2D eigenvalue weighted by Crippen LogP contribution is -2.34. The predicted octanol–water partition coefficient (Wildman–Crippen LogP) is 2.22. The second-order valence-corrected chi connectivity index (χ2v) is 6.43. The Morgan fingerprint density at radius 2 is 2.20 bits per heavy atom. The van der Waals surface area contributed by atoms with Gasteiger partial charge in [-0.1, -0.05) is 0 Å². The summed E-state index contributed by atoms with van der Waals surface area (Å²) in [4.78, 5) is 15.1. The molecule has 3 N–H and O–H groups in total. The predicted molar refractivity (Wildman–Crippen MR) is 95.5 cm³/mol. The Morgan fingerprint density at radius 1 is 1.24 bits per heavy atom. The van der Waals surface area contributed by atoms with Crippen molar-refractivity contribution in [3.05, 3.63) is 54.2 Å². The number of nitrogens with one attached hydrogen (secondary N) is 1. The van der Waals surface area contributed by atoms with Crippen LogP contribution in [0.15, 0.2) is 43.0 Å². The number of hydrogen-bond acceptors (Lipinski definition) is 6. The highest BCUT2D eigenvalue weighted by Crippen LogP contribution is 2.28. The molecule has 1 unspecified atom stereocenters. The van der Waals surface area contributed by atoms with Crippen molar-refractivity contribution >= 4 is 5.95 Å². The third-order valence-electron chi connectivity index (χ3n) is 4.68. The molecule has 25 heavy (non-hydrogen) atoms. The van der Waals surface area contributed by atoms with Crippen LogP contribution in [0.5, 0.6) is 0 Å². The average Bonchev–Trinajstić information content (AvgIpc) is 3.11. The molecule has 4 heterocycles. The van der Waals surface area contributed by atoms with E-state index in [9.17, 15) is 0 Å². The van der Waals surface area contributed by atoms with Gasteiger partial charge >= 0.3 is 0 Å². The van der Waals surface area contributed by atoms with E-state index < -0.39 is 0 Å². The van der Waals surface area contributed by atoms with E-state index in [0.29, 0.717) is 11.9 Å². The second kappa shape index (κ2) is 6.98. The molecule has 128 valence electrons. The maximum absolute atomic E-state index is 5.74. The lowest BCUT2D eigenvalue weighted by atomic mass is 9.94. The van der Waals surface area contributed by atoms with Gasteiger partial charge in [0, 0.05) is 48.7 Å². The molecule has 0 radical (unpaired) electrons. The van der Waals surface area contributed by atoms with Gasteiger partial charge in [0.1, 0.15) is 0 Å². The normalized spacial score (nSPS) is 18.3. The van der Waals surface area contributed by atoms with Crippen LogP contribution in [-0.4, -0.2) is 43.1 Å². The number of aromatic nitrogens is 5. The van der Waals surface area contributed by atoms with Crippen molar-refractivity contribution in [1.29, 1.82) is 0 Å². The Labute approximate surface area is 146 Å². The molecule has 1 aliphatic rings. The summed E-state index contributed by atoms with van der Waals surface area (Å²) in [5, 5.41) is 7.34. The molecular formula is C18H21N7. The molecule has 0 spiro atoms. The van der Waals surface area contributed by atoms with Gasteiger partial charge in [0.15, 0.2) is 0 Å². The van der Waals surface area contributed by atoms with Crippen molar-refractivity contribution in [2.45, 2.75) is 25.3 Å². The van der Waals surface area contributed by atoms with Gasteiger partial charge in [-0.15, -0.1) is 0 Å². The smallest absolute Gasteiger partial charge is 0.220 e. The van der Waals surface area contributed by atoms with Crippen molar-refractivity contribution in [2.24, 2.45) is 0 Å². The number of likely N-dealkylation sites (tertiary alicyclic amines) is 1. The number of nitrogen functional groups attached to an aromatic ring is 1. The number of nitrogens with zero attached hydrogens (tertiary/aromatic N) is 5. The van der Waals surface area contributed by atoms with Crippen molar-refractivity contribution in [2.75, 3.05) is 18.8 Å². The van der Waals surface area contributed by atoms with Gasteiger partial charge in [-0.25, -0.2) is 9.97 Å². The highest BCUT2D eigenvalue weighted by atomic mass is 15.2. The topological polar surface area (TPSA) is 96.6 Å². The minimum absolute atomic E-state index is 0.350. The molecule has 7 heteroatoms. The zero-order valence-electron chi connectivity index (χ0n) is 14.0. The van der Waals surface area contributed by atoms with Crippen LogP contribution < -0.4 is 5.73 Å². The number of nitrogens with two attached hydrogens (primary N) is 1. The van der Waals surface area contributed by atoms with Crippen LogP contribution in [0, 0.1) is 0 Å². The summed E-state index contributed by atoms with van der Waals surface area (Å²) in [6.45, 7) is 2.90. The minimum Gasteiger partial charge on any atom is -0.368 e. The van der Waals surface area contributed by atoms with E-state index in [0.717, 1.165) is 49.4 Å². The maximum Gasteiger partial charge on any atom is 0.220 e. The van der Waals surface area contributed by atoms with Gasteiger partial charge in [0.2, 0.25) is 5.95 Å². The summed E-state index contributed by atoms with van der Waals surface area (Å²) in [5.41, 5.74) is 10.1. The Kier molecular flexibility index (Phi) is 4.39. The summed E-state index contributed by atoms with van der Waals surface area (Å²) in [6, 6.07) is 5.96. The van der Waals surface area contributed by atoms with Gasteiger partial charge < -0.3 is 5.73 Å². The molecule has 0 aliphatic carbocycles. The fourth-order valence-electron chi connectivity index (χ4n) is 3.49. The zero-order valence-corrected chi connectivity index (χ0v) is 14.0. The van der Waals surface area contributed by atoms with E-state index >= 15 is 0 Å². The number of H-pyrrole nitrogens is 1. The van der Waals surface area contributed by atoms with E-state index in [-0.39, 0.29) is 0 Å². The van der Waals surface area contributed by atoms with Crippen molar-refractivity contribution in [1.82, 2.24) is 30.0 Å². The molecule has 0 aromatic carbocycles. The molecule has 1 atom stereocenters. The van der Waals surface area contributed by atoms with Gasteiger partial charge in [0.25, 0.3) is 0 Å². The number of anilines is 1. The molecule has 1 fully saturated rings. The fourth-order valence-corrected chi connectivity index (χ4v) is 3.49. The number of pyridine rings is 1. The van der Waals surface area contributed by atoms with Crippen molar-refractivity contribution in [3.8, 4) is 11.3 Å². The molecule has 0 saturated carbocycles. The van der Waals surface area contributed by atoms with Crippen molar-refractivity contribution in [3.63, 3.8) is 0 Å². The molecule has 1 aliphatic heterocycles. The third kappa shape index (κ3) is 3.51. The minimum atomic E-state index is 0.350. The van der Waals surface area contributed by atoms with Crippen LogP contribution in [-0.2, 0) is 6.54 Å². The van der Waals surface area contributed by atoms with Gasteiger partial charge in [-0.3, -0.25) is 15.0 Å². The van der Waals surface area contributed by atoms with Crippen LogP contribution in [0.3, 0.4) is 0 Å². The number of hydrogen-bond donors (Lipinski definition) is 2. The molecule has 3 aromatic heterocycles. The monoisotopic (exact) mass is 335 g/mol.